The summed E-state index contributed by atoms with van der Waals surface area (Å²) in [6.07, 6.45) is 1.21. The molecule has 0 aliphatic carbocycles. The number of aliphatic hydroxyl groups is 1. The molecule has 7 nitrogen and oxygen atoms in total. The first-order chi connectivity index (χ1) is 11.3. The summed E-state index contributed by atoms with van der Waals surface area (Å²) in [6, 6.07) is 1.81. The number of rotatable bonds is 7. The normalized spacial score (nSPS) is 15.8. The topological polar surface area (TPSA) is 104 Å². The first-order valence-corrected chi connectivity index (χ1v) is 10.2. The van der Waals surface area contributed by atoms with Gasteiger partial charge in [-0.25, -0.2) is 8.42 Å². The molecule has 144 valence electrons. The lowest BCUT2D eigenvalue weighted by Crippen LogP contribution is -2.45. The van der Waals surface area contributed by atoms with E-state index in [0.29, 0.717) is 23.8 Å². The molecule has 8 heteroatoms. The van der Waals surface area contributed by atoms with Gasteiger partial charge in [-0.1, -0.05) is 0 Å². The second kappa shape index (κ2) is 7.78. The molecular weight excluding hydrogens is 342 g/mol. The summed E-state index contributed by atoms with van der Waals surface area (Å²) in [5, 5.41) is 16.9. The van der Waals surface area contributed by atoms with Gasteiger partial charge in [0.1, 0.15) is 17.1 Å². The minimum Gasteiger partial charge on any atom is -0.466 e. The Morgan fingerprint density at radius 3 is 2.32 bits per heavy atom. The molecule has 3 N–H and O–H groups in total. The molecule has 1 atom stereocenters. The highest BCUT2D eigenvalue weighted by Crippen LogP contribution is 2.26. The number of guanidine groups is 1. The van der Waals surface area contributed by atoms with Crippen LogP contribution in [0.25, 0.3) is 0 Å². The fourth-order valence-electron chi connectivity index (χ4n) is 2.25. The van der Waals surface area contributed by atoms with Gasteiger partial charge in [-0.15, -0.1) is 0 Å². The summed E-state index contributed by atoms with van der Waals surface area (Å²) in [6.45, 7) is 11.5. The lowest BCUT2D eigenvalue weighted by Gasteiger charge is -2.25. The Kier molecular flexibility index (Phi) is 6.69. The van der Waals surface area contributed by atoms with E-state index >= 15 is 0 Å². The van der Waals surface area contributed by atoms with Crippen molar-refractivity contribution in [1.29, 1.82) is 0 Å². The molecule has 1 rings (SSSR count). The molecule has 1 heterocycles. The van der Waals surface area contributed by atoms with E-state index in [-0.39, 0.29) is 13.1 Å². The van der Waals surface area contributed by atoms with Crippen LogP contribution in [0.4, 0.5) is 0 Å². The molecule has 0 radical (unpaired) electrons. The largest absolute Gasteiger partial charge is 0.466 e. The Balaban J connectivity index is 2.88. The molecule has 0 spiro atoms. The van der Waals surface area contributed by atoms with Gasteiger partial charge in [0.05, 0.1) is 17.8 Å². The van der Waals surface area contributed by atoms with Crippen molar-refractivity contribution in [2.24, 2.45) is 4.99 Å². The van der Waals surface area contributed by atoms with Crippen molar-refractivity contribution in [3.63, 3.8) is 0 Å². The molecule has 0 amide bonds. The number of sulfone groups is 1. The number of hydrogen-bond acceptors (Lipinski definition) is 5. The van der Waals surface area contributed by atoms with Crippen molar-refractivity contribution in [3.8, 4) is 0 Å². The first kappa shape index (κ1) is 21.5. The molecule has 1 aromatic heterocycles. The average molecular weight is 374 g/mol. The monoisotopic (exact) mass is 373 g/mol. The molecule has 0 aromatic carbocycles. The molecule has 0 bridgehead atoms. The Hall–Kier alpha value is -1.54. The third-order valence-corrected chi connectivity index (χ3v) is 6.32. The van der Waals surface area contributed by atoms with Crippen molar-refractivity contribution in [2.75, 3.05) is 25.9 Å². The van der Waals surface area contributed by atoms with E-state index in [1.165, 1.54) is 6.26 Å². The Morgan fingerprint density at radius 1 is 1.28 bits per heavy atom. The van der Waals surface area contributed by atoms with Crippen LogP contribution in [-0.2, 0) is 15.4 Å². The zero-order valence-electron chi connectivity index (χ0n) is 16.2. The second-order valence-electron chi connectivity index (χ2n) is 7.18. The molecule has 0 saturated carbocycles. The molecule has 0 fully saturated rings. The van der Waals surface area contributed by atoms with Gasteiger partial charge >= 0.3 is 0 Å². The van der Waals surface area contributed by atoms with Gasteiger partial charge in [-0.05, 0) is 47.6 Å². The average Bonchev–Trinajstić information content (AvgIpc) is 2.80. The summed E-state index contributed by atoms with van der Waals surface area (Å²) in [5.41, 5.74) is -0.436. The SMILES string of the molecule is CCNC(=NCC(C)(C)S(C)(=O)=O)NCC(C)(O)c1cc(C)oc1C. The van der Waals surface area contributed by atoms with E-state index in [0.717, 1.165) is 5.76 Å². The van der Waals surface area contributed by atoms with Crippen molar-refractivity contribution in [2.45, 2.75) is 51.9 Å². The second-order valence-corrected chi connectivity index (χ2v) is 9.83. The van der Waals surface area contributed by atoms with E-state index in [9.17, 15) is 13.5 Å². The van der Waals surface area contributed by atoms with Gasteiger partial charge < -0.3 is 20.2 Å². The minimum atomic E-state index is -3.23. The Labute approximate surface area is 150 Å². The summed E-state index contributed by atoms with van der Waals surface area (Å²) in [5.74, 6) is 1.87. The molecule has 0 aliphatic rings. The van der Waals surface area contributed by atoms with Gasteiger partial charge in [-0.2, -0.15) is 0 Å². The van der Waals surface area contributed by atoms with Crippen molar-refractivity contribution >= 4 is 15.8 Å². The van der Waals surface area contributed by atoms with Gasteiger partial charge in [0.15, 0.2) is 15.8 Å². The highest BCUT2D eigenvalue weighted by atomic mass is 32.2. The predicted molar refractivity (Wildman–Crippen MR) is 101 cm³/mol. The number of furan rings is 1. The van der Waals surface area contributed by atoms with Gasteiger partial charge in [0.25, 0.3) is 0 Å². The maximum atomic E-state index is 11.8. The number of aryl methyl sites for hydroxylation is 2. The number of nitrogens with zero attached hydrogens (tertiary/aromatic N) is 1. The van der Waals surface area contributed by atoms with Crippen LogP contribution in [0, 0.1) is 13.8 Å². The lowest BCUT2D eigenvalue weighted by atomic mass is 9.96. The van der Waals surface area contributed by atoms with Crippen molar-refractivity contribution in [3.05, 3.63) is 23.2 Å². The first-order valence-electron chi connectivity index (χ1n) is 8.32. The molecule has 0 aliphatic heterocycles. The van der Waals surface area contributed by atoms with Crippen molar-refractivity contribution in [1.82, 2.24) is 10.6 Å². The summed E-state index contributed by atoms with van der Waals surface area (Å²) in [4.78, 5) is 4.36. The Morgan fingerprint density at radius 2 is 1.88 bits per heavy atom. The van der Waals surface area contributed by atoms with Crippen LogP contribution in [-0.4, -0.2) is 50.1 Å². The molecule has 0 saturated heterocycles. The summed E-state index contributed by atoms with van der Waals surface area (Å²) < 4.78 is 28.1. The van der Waals surface area contributed by atoms with Crippen LogP contribution in [0.5, 0.6) is 0 Å². The number of hydrogen-bond donors (Lipinski definition) is 3. The molecule has 25 heavy (non-hydrogen) atoms. The predicted octanol–water partition coefficient (Wildman–Crippen LogP) is 1.48. The molecule has 1 unspecified atom stereocenters. The number of aliphatic imine (C=N–C) groups is 1. The van der Waals surface area contributed by atoms with E-state index in [2.05, 4.69) is 15.6 Å². The van der Waals surface area contributed by atoms with E-state index < -0.39 is 20.2 Å². The van der Waals surface area contributed by atoms with Gasteiger partial charge in [0.2, 0.25) is 0 Å². The fraction of sp³-hybridized carbons (Fsp3) is 0.706. The van der Waals surface area contributed by atoms with E-state index in [1.54, 1.807) is 20.8 Å². The van der Waals surface area contributed by atoms with Crippen LogP contribution in [0.3, 0.4) is 0 Å². The van der Waals surface area contributed by atoms with Crippen LogP contribution < -0.4 is 10.6 Å². The van der Waals surface area contributed by atoms with E-state index in [4.69, 9.17) is 4.42 Å². The zero-order valence-corrected chi connectivity index (χ0v) is 17.0. The highest BCUT2D eigenvalue weighted by molar-refractivity contribution is 7.92. The van der Waals surface area contributed by atoms with Crippen LogP contribution in [0.2, 0.25) is 0 Å². The van der Waals surface area contributed by atoms with Crippen molar-refractivity contribution < 1.29 is 17.9 Å². The van der Waals surface area contributed by atoms with Gasteiger partial charge in [0, 0.05) is 18.4 Å². The molecular formula is C17H31N3O4S. The third kappa shape index (κ3) is 5.74. The quantitative estimate of drug-likeness (QED) is 0.494. The third-order valence-electron chi connectivity index (χ3n) is 4.19. The standard InChI is InChI=1S/C17H31N3O4S/c1-8-18-15(19-10-16(4,5)25(7,22)23)20-11-17(6,21)14-9-12(2)24-13(14)3/h9,21H,8,10-11H2,1-7H3,(H2,18,19,20). The van der Waals surface area contributed by atoms with Crippen LogP contribution in [0.15, 0.2) is 15.5 Å². The zero-order chi connectivity index (χ0) is 19.5. The Bertz CT molecular complexity index is 718. The van der Waals surface area contributed by atoms with E-state index in [1.807, 2.05) is 26.8 Å². The maximum absolute atomic E-state index is 11.8. The highest BCUT2D eigenvalue weighted by Gasteiger charge is 2.31. The van der Waals surface area contributed by atoms with Gasteiger partial charge in [-0.3, -0.25) is 4.99 Å². The number of nitrogens with one attached hydrogen (secondary N) is 2. The van der Waals surface area contributed by atoms with Crippen LogP contribution in [0.1, 0.15) is 44.8 Å². The lowest BCUT2D eigenvalue weighted by molar-refractivity contribution is 0.0601. The maximum Gasteiger partial charge on any atom is 0.191 e. The molecule has 1 aromatic rings. The summed E-state index contributed by atoms with van der Waals surface area (Å²) >= 11 is 0. The summed E-state index contributed by atoms with van der Waals surface area (Å²) in [7, 11) is -3.23. The fourth-order valence-corrected chi connectivity index (χ4v) is 2.54. The van der Waals surface area contributed by atoms with Crippen LogP contribution >= 0.6 is 0 Å². The minimum absolute atomic E-state index is 0.118. The smallest absolute Gasteiger partial charge is 0.191 e.